The smallest absolute Gasteiger partial charge is 0.142 e. The number of fused-ring (bicyclic) bond motifs is 3. The van der Waals surface area contributed by atoms with Gasteiger partial charge in [0.2, 0.25) is 0 Å². The van der Waals surface area contributed by atoms with E-state index in [0.29, 0.717) is 12.6 Å². The summed E-state index contributed by atoms with van der Waals surface area (Å²) in [6, 6.07) is 21.1. The number of nitrogens with zero attached hydrogens (tertiary/aromatic N) is 2. The van der Waals surface area contributed by atoms with Gasteiger partial charge in [-0.25, -0.2) is 0 Å². The summed E-state index contributed by atoms with van der Waals surface area (Å²) < 4.78 is 0. The molecule has 0 aliphatic carbocycles. The third-order valence-corrected chi connectivity index (χ3v) is 5.27. The van der Waals surface area contributed by atoms with E-state index in [1.165, 1.54) is 37.9 Å². The summed E-state index contributed by atoms with van der Waals surface area (Å²) >= 11 is 0. The normalized spacial score (nSPS) is 25.3. The summed E-state index contributed by atoms with van der Waals surface area (Å²) in [6.07, 6.45) is 3.88. The van der Waals surface area contributed by atoms with Crippen LogP contribution in [-0.4, -0.2) is 29.7 Å². The van der Waals surface area contributed by atoms with Crippen LogP contribution in [0.15, 0.2) is 65.8 Å². The zero-order valence-electron chi connectivity index (χ0n) is 14.4. The van der Waals surface area contributed by atoms with Crippen LogP contribution in [0.25, 0.3) is 0 Å². The van der Waals surface area contributed by atoms with Gasteiger partial charge in [-0.15, -0.1) is 12.4 Å². The highest BCUT2D eigenvalue weighted by atomic mass is 35.5. The van der Waals surface area contributed by atoms with Gasteiger partial charge in [-0.2, -0.15) is 0 Å². The molecule has 3 aliphatic rings. The van der Waals surface area contributed by atoms with Crippen LogP contribution in [0.1, 0.15) is 30.4 Å². The molecule has 3 nitrogen and oxygen atoms in total. The highest BCUT2D eigenvalue weighted by Crippen LogP contribution is 2.33. The Labute approximate surface area is 156 Å². The molecule has 0 spiro atoms. The van der Waals surface area contributed by atoms with Gasteiger partial charge >= 0.3 is 0 Å². The van der Waals surface area contributed by atoms with E-state index in [0.717, 1.165) is 17.2 Å². The maximum absolute atomic E-state index is 5.76. The topological polar surface area (TPSA) is 24.8 Å². The van der Waals surface area contributed by atoms with Crippen LogP contribution in [-0.2, 0) is 11.4 Å². The van der Waals surface area contributed by atoms with Crippen LogP contribution < -0.4 is 0 Å². The van der Waals surface area contributed by atoms with Crippen LogP contribution in [0, 0.1) is 5.92 Å². The molecule has 1 atom stereocenters. The van der Waals surface area contributed by atoms with Gasteiger partial charge < -0.3 is 4.84 Å². The second-order valence-corrected chi connectivity index (χ2v) is 6.83. The number of hydrogen-bond donors (Lipinski definition) is 0. The molecule has 1 unspecified atom stereocenters. The Morgan fingerprint density at radius 1 is 0.960 bits per heavy atom. The molecule has 3 fully saturated rings. The van der Waals surface area contributed by atoms with Crippen molar-refractivity contribution in [1.29, 1.82) is 0 Å². The molecule has 25 heavy (non-hydrogen) atoms. The summed E-state index contributed by atoms with van der Waals surface area (Å²) in [5, 5.41) is 4.61. The summed E-state index contributed by atoms with van der Waals surface area (Å²) in [5.41, 5.74) is 3.43. The van der Waals surface area contributed by atoms with E-state index in [4.69, 9.17) is 4.84 Å². The second kappa shape index (κ2) is 8.50. The molecule has 0 radical (unpaired) electrons. The SMILES string of the molecule is Cl.c1ccc(CO/N=C(\c2ccccc2)C2CC3CCN2CC3)cc1. The Kier molecular flexibility index (Phi) is 6.11. The number of halogens is 1. The van der Waals surface area contributed by atoms with Gasteiger partial charge in [0.05, 0.1) is 6.04 Å². The lowest BCUT2D eigenvalue weighted by Crippen LogP contribution is -2.52. The molecule has 2 aromatic carbocycles. The van der Waals surface area contributed by atoms with Crippen molar-refractivity contribution in [2.45, 2.75) is 31.9 Å². The van der Waals surface area contributed by atoms with E-state index >= 15 is 0 Å². The molecule has 3 aliphatic heterocycles. The van der Waals surface area contributed by atoms with E-state index in [9.17, 15) is 0 Å². The van der Waals surface area contributed by atoms with Gasteiger partial charge in [0.25, 0.3) is 0 Å². The Bertz CT molecular complexity index is 682. The summed E-state index contributed by atoms with van der Waals surface area (Å²) in [6.45, 7) is 2.91. The first-order valence-electron chi connectivity index (χ1n) is 8.93. The molecule has 5 rings (SSSR count). The number of rotatable bonds is 5. The maximum atomic E-state index is 5.76. The van der Waals surface area contributed by atoms with Crippen LogP contribution in [0.2, 0.25) is 0 Å². The zero-order valence-corrected chi connectivity index (χ0v) is 15.2. The minimum absolute atomic E-state index is 0. The fourth-order valence-electron chi connectivity index (χ4n) is 3.92. The molecule has 0 saturated carbocycles. The first-order chi connectivity index (χ1) is 11.9. The van der Waals surface area contributed by atoms with Gasteiger partial charge in [-0.05, 0) is 43.8 Å². The van der Waals surface area contributed by atoms with Crippen molar-refractivity contribution in [2.75, 3.05) is 13.1 Å². The van der Waals surface area contributed by atoms with Crippen molar-refractivity contribution in [3.63, 3.8) is 0 Å². The van der Waals surface area contributed by atoms with Gasteiger partial charge in [0.1, 0.15) is 12.3 Å². The van der Waals surface area contributed by atoms with E-state index < -0.39 is 0 Å². The predicted octanol–water partition coefficient (Wildman–Crippen LogP) is 4.51. The first kappa shape index (κ1) is 18.0. The zero-order chi connectivity index (χ0) is 16.2. The monoisotopic (exact) mass is 356 g/mol. The lowest BCUT2D eigenvalue weighted by atomic mass is 9.80. The van der Waals surface area contributed by atoms with Gasteiger partial charge in [-0.3, -0.25) is 4.90 Å². The third-order valence-electron chi connectivity index (χ3n) is 5.27. The van der Waals surface area contributed by atoms with Crippen molar-refractivity contribution in [2.24, 2.45) is 11.1 Å². The van der Waals surface area contributed by atoms with Crippen molar-refractivity contribution >= 4 is 18.1 Å². The van der Waals surface area contributed by atoms with Crippen LogP contribution in [0.4, 0.5) is 0 Å². The summed E-state index contributed by atoms with van der Waals surface area (Å²) in [4.78, 5) is 8.34. The summed E-state index contributed by atoms with van der Waals surface area (Å²) in [7, 11) is 0. The number of hydrogen-bond acceptors (Lipinski definition) is 3. The molecule has 3 saturated heterocycles. The van der Waals surface area contributed by atoms with Gasteiger partial charge in [0, 0.05) is 5.56 Å². The lowest BCUT2D eigenvalue weighted by Gasteiger charge is -2.45. The average Bonchev–Trinajstić information content (AvgIpc) is 2.68. The van der Waals surface area contributed by atoms with Crippen molar-refractivity contribution in [1.82, 2.24) is 4.90 Å². The van der Waals surface area contributed by atoms with Crippen molar-refractivity contribution in [3.05, 3.63) is 71.8 Å². The Morgan fingerprint density at radius 3 is 2.20 bits per heavy atom. The molecular weight excluding hydrogens is 332 g/mol. The van der Waals surface area contributed by atoms with E-state index in [2.05, 4.69) is 52.5 Å². The standard InChI is InChI=1S/C21H24N2O.ClH/c1-3-7-18(8-4-1)16-24-22-21(19-9-5-2-6-10-19)20-15-17-11-13-23(20)14-12-17;/h1-10,17,20H,11-16H2;1H/b22-21+;. The third kappa shape index (κ3) is 4.23. The van der Waals surface area contributed by atoms with Crippen LogP contribution in [0.5, 0.6) is 0 Å². The molecule has 0 N–H and O–H groups in total. The number of oxime groups is 1. The van der Waals surface area contributed by atoms with Crippen LogP contribution >= 0.6 is 12.4 Å². The molecule has 0 amide bonds. The molecule has 2 bridgehead atoms. The molecular formula is C21H25ClN2O. The molecule has 2 aromatic rings. The number of piperidine rings is 3. The summed E-state index contributed by atoms with van der Waals surface area (Å²) in [5.74, 6) is 0.850. The molecule has 132 valence electrons. The minimum atomic E-state index is 0. The van der Waals surface area contributed by atoms with Gasteiger partial charge in [0.15, 0.2) is 0 Å². The fourth-order valence-corrected chi connectivity index (χ4v) is 3.92. The number of benzene rings is 2. The fraction of sp³-hybridized carbons (Fsp3) is 0.381. The quantitative estimate of drug-likeness (QED) is 0.581. The van der Waals surface area contributed by atoms with E-state index in [1.807, 2.05) is 18.2 Å². The Hall–Kier alpha value is -1.84. The molecule has 3 heterocycles. The highest BCUT2D eigenvalue weighted by Gasteiger charge is 2.37. The predicted molar refractivity (Wildman–Crippen MR) is 104 cm³/mol. The van der Waals surface area contributed by atoms with Crippen molar-refractivity contribution in [3.8, 4) is 0 Å². The maximum Gasteiger partial charge on any atom is 0.142 e. The van der Waals surface area contributed by atoms with Gasteiger partial charge in [-0.1, -0.05) is 65.8 Å². The van der Waals surface area contributed by atoms with E-state index in [-0.39, 0.29) is 12.4 Å². The Morgan fingerprint density at radius 2 is 1.60 bits per heavy atom. The largest absolute Gasteiger partial charge is 0.391 e. The lowest BCUT2D eigenvalue weighted by molar-refractivity contribution is 0.0762. The van der Waals surface area contributed by atoms with Crippen molar-refractivity contribution < 1.29 is 4.84 Å². The van der Waals surface area contributed by atoms with E-state index in [1.54, 1.807) is 0 Å². The Balaban J connectivity index is 0.00000182. The van der Waals surface area contributed by atoms with Crippen LogP contribution in [0.3, 0.4) is 0 Å². The average molecular weight is 357 g/mol. The first-order valence-corrected chi connectivity index (χ1v) is 8.93. The second-order valence-electron chi connectivity index (χ2n) is 6.83. The highest BCUT2D eigenvalue weighted by molar-refractivity contribution is 6.04. The molecule has 0 aromatic heterocycles. The minimum Gasteiger partial charge on any atom is -0.391 e. The molecule has 4 heteroatoms.